The van der Waals surface area contributed by atoms with Crippen LogP contribution in [0.2, 0.25) is 0 Å². The molecule has 1 N–H and O–H groups in total. The Morgan fingerprint density at radius 1 is 1.41 bits per heavy atom. The van der Waals surface area contributed by atoms with Gasteiger partial charge in [0, 0.05) is 19.2 Å². The number of carbonyl (C=O) groups is 2. The predicted molar refractivity (Wildman–Crippen MR) is 114 cm³/mol. The average molecular weight is 530 g/mol. The Bertz CT molecular complexity index is 862. The third kappa shape index (κ3) is 5.28. The molecule has 2 amide bonds. The van der Waals surface area contributed by atoms with Crippen LogP contribution in [0.3, 0.4) is 0 Å². The molecular formula is C19H19Br2FN4O3. The number of piperidine rings is 1. The number of nitriles is 1. The van der Waals surface area contributed by atoms with Gasteiger partial charge in [0.05, 0.1) is 30.5 Å². The van der Waals surface area contributed by atoms with Gasteiger partial charge in [0.1, 0.15) is 15.7 Å². The molecule has 1 atom stereocenters. The number of allylic oxidation sites excluding steroid dienone is 1. The molecule has 29 heavy (non-hydrogen) atoms. The fourth-order valence-corrected chi connectivity index (χ4v) is 3.64. The first-order valence-electron chi connectivity index (χ1n) is 9.05. The average Bonchev–Trinajstić information content (AvgIpc) is 3.07. The van der Waals surface area contributed by atoms with Crippen molar-refractivity contribution in [2.45, 2.75) is 22.7 Å². The van der Waals surface area contributed by atoms with Gasteiger partial charge in [-0.15, -0.1) is 0 Å². The largest absolute Gasteiger partial charge is 0.442 e. The van der Waals surface area contributed by atoms with E-state index in [1.165, 1.54) is 11.0 Å². The van der Waals surface area contributed by atoms with Gasteiger partial charge < -0.3 is 15.0 Å². The molecular weight excluding hydrogens is 511 g/mol. The smallest absolute Gasteiger partial charge is 0.414 e. The Morgan fingerprint density at radius 2 is 2.14 bits per heavy atom. The Labute approximate surface area is 184 Å². The lowest BCUT2D eigenvalue weighted by molar-refractivity contribution is -0.119. The van der Waals surface area contributed by atoms with Crippen LogP contribution in [0.4, 0.5) is 20.6 Å². The van der Waals surface area contributed by atoms with Crippen LogP contribution < -0.4 is 15.1 Å². The highest BCUT2D eigenvalue weighted by molar-refractivity contribution is 9.25. The zero-order chi connectivity index (χ0) is 21.0. The van der Waals surface area contributed by atoms with Crippen molar-refractivity contribution in [3.8, 4) is 6.07 Å². The lowest BCUT2D eigenvalue weighted by Crippen LogP contribution is -2.36. The number of nitrogens with one attached hydrogen (secondary N) is 1. The zero-order valence-corrected chi connectivity index (χ0v) is 18.6. The molecule has 2 heterocycles. The predicted octanol–water partition coefficient (Wildman–Crippen LogP) is 3.43. The van der Waals surface area contributed by atoms with E-state index in [2.05, 4.69) is 37.2 Å². The minimum absolute atomic E-state index is 0.168. The molecule has 3 rings (SSSR count). The third-order valence-corrected chi connectivity index (χ3v) is 5.67. The second kappa shape index (κ2) is 9.59. The number of cyclic esters (lactones) is 1. The molecule has 0 radical (unpaired) electrons. The van der Waals surface area contributed by atoms with Crippen LogP contribution in [-0.2, 0) is 9.53 Å². The van der Waals surface area contributed by atoms with Crippen molar-refractivity contribution >= 4 is 55.2 Å². The summed E-state index contributed by atoms with van der Waals surface area (Å²) in [4.78, 5) is 27.0. The third-order valence-electron chi connectivity index (χ3n) is 4.83. The number of ether oxygens (including phenoxy) is 1. The Morgan fingerprint density at radius 3 is 2.76 bits per heavy atom. The summed E-state index contributed by atoms with van der Waals surface area (Å²) in [5.41, 5.74) is 1.96. The fourth-order valence-electron chi connectivity index (χ4n) is 3.32. The van der Waals surface area contributed by atoms with Crippen molar-refractivity contribution in [3.05, 3.63) is 35.7 Å². The van der Waals surface area contributed by atoms with E-state index in [0.717, 1.165) is 18.4 Å². The summed E-state index contributed by atoms with van der Waals surface area (Å²) in [5, 5.41) is 11.4. The van der Waals surface area contributed by atoms with Crippen LogP contribution in [0.1, 0.15) is 12.8 Å². The zero-order valence-electron chi connectivity index (χ0n) is 15.4. The van der Waals surface area contributed by atoms with Crippen molar-refractivity contribution in [1.29, 1.82) is 5.26 Å². The summed E-state index contributed by atoms with van der Waals surface area (Å²) in [5.74, 6) is -0.689. The number of benzene rings is 1. The van der Waals surface area contributed by atoms with Crippen molar-refractivity contribution < 1.29 is 18.7 Å². The Hall–Kier alpha value is -2.12. The molecule has 0 bridgehead atoms. The van der Waals surface area contributed by atoms with Crippen LogP contribution in [0.15, 0.2) is 29.8 Å². The molecule has 154 valence electrons. The number of nitrogens with zero attached hydrogens (tertiary/aromatic N) is 3. The van der Waals surface area contributed by atoms with E-state index in [4.69, 9.17) is 10.00 Å². The summed E-state index contributed by atoms with van der Waals surface area (Å²) in [6, 6.07) is 6.71. The SMILES string of the molecule is N#CC=C1CCN(c2ccc(N3C[C@H](CNC(=O)C(Br)Br)OC3=O)cc2F)CC1. The number of hydrogen-bond acceptors (Lipinski definition) is 5. The van der Waals surface area contributed by atoms with E-state index < -0.39 is 21.8 Å². The fraction of sp³-hybridized carbons (Fsp3) is 0.421. The van der Waals surface area contributed by atoms with E-state index in [9.17, 15) is 14.0 Å². The van der Waals surface area contributed by atoms with E-state index in [-0.39, 0.29) is 19.0 Å². The van der Waals surface area contributed by atoms with Crippen LogP contribution in [0, 0.1) is 17.1 Å². The summed E-state index contributed by atoms with van der Waals surface area (Å²) >= 11 is 6.18. The molecule has 7 nitrogen and oxygen atoms in total. The monoisotopic (exact) mass is 528 g/mol. The number of alkyl halides is 2. The normalized spacial score (nSPS) is 19.2. The maximum Gasteiger partial charge on any atom is 0.414 e. The molecule has 0 unspecified atom stereocenters. The molecule has 2 aliphatic rings. The molecule has 2 saturated heterocycles. The number of carbonyl (C=O) groups excluding carboxylic acids is 2. The number of amides is 2. The molecule has 1 aromatic carbocycles. The van der Waals surface area contributed by atoms with Crippen LogP contribution in [0.25, 0.3) is 0 Å². The van der Waals surface area contributed by atoms with Crippen molar-refractivity contribution in [2.75, 3.05) is 36.0 Å². The van der Waals surface area contributed by atoms with Crippen LogP contribution in [0.5, 0.6) is 0 Å². The van der Waals surface area contributed by atoms with E-state index in [1.807, 2.05) is 11.0 Å². The molecule has 0 aromatic heterocycles. The molecule has 2 fully saturated rings. The first-order valence-corrected chi connectivity index (χ1v) is 10.9. The number of rotatable bonds is 5. The molecule has 10 heteroatoms. The minimum Gasteiger partial charge on any atom is -0.442 e. The maximum absolute atomic E-state index is 14.7. The van der Waals surface area contributed by atoms with Gasteiger partial charge in [-0.3, -0.25) is 9.69 Å². The van der Waals surface area contributed by atoms with Crippen molar-refractivity contribution in [1.82, 2.24) is 5.32 Å². The van der Waals surface area contributed by atoms with Gasteiger partial charge in [0.25, 0.3) is 0 Å². The minimum atomic E-state index is -0.574. The molecule has 0 aliphatic carbocycles. The topological polar surface area (TPSA) is 85.7 Å². The molecule has 1 aromatic rings. The number of anilines is 2. The number of halogens is 3. The lowest BCUT2D eigenvalue weighted by Gasteiger charge is -2.30. The van der Waals surface area contributed by atoms with Gasteiger partial charge in [0.15, 0.2) is 0 Å². The van der Waals surface area contributed by atoms with Gasteiger partial charge in [-0.05, 0) is 31.0 Å². The van der Waals surface area contributed by atoms with E-state index in [0.29, 0.717) is 24.5 Å². The van der Waals surface area contributed by atoms with E-state index >= 15 is 0 Å². The first-order chi connectivity index (χ1) is 13.9. The summed E-state index contributed by atoms with van der Waals surface area (Å²) in [6.45, 7) is 1.67. The highest BCUT2D eigenvalue weighted by Gasteiger charge is 2.33. The molecule has 2 aliphatic heterocycles. The van der Waals surface area contributed by atoms with Crippen molar-refractivity contribution in [2.24, 2.45) is 0 Å². The van der Waals surface area contributed by atoms with Gasteiger partial charge >= 0.3 is 6.09 Å². The standard InChI is InChI=1S/C19H19Br2FN4O3/c20-17(21)18(27)24-10-14-11-26(19(28)29-14)13-1-2-16(15(22)9-13)25-7-4-12(3-6-23)5-8-25/h1-3,9,14,17H,4-5,7-8,10-11H2,(H,24,27)/t14-/m0/s1. The Kier molecular flexibility index (Phi) is 7.14. The van der Waals surface area contributed by atoms with Gasteiger partial charge in [-0.25, -0.2) is 9.18 Å². The van der Waals surface area contributed by atoms with Crippen molar-refractivity contribution in [3.63, 3.8) is 0 Å². The second-order valence-electron chi connectivity index (χ2n) is 6.72. The first kappa shape index (κ1) is 21.6. The number of hydrogen-bond donors (Lipinski definition) is 1. The lowest BCUT2D eigenvalue weighted by atomic mass is 10.0. The molecule has 0 spiro atoms. The summed E-state index contributed by atoms with van der Waals surface area (Å²) in [7, 11) is 0. The van der Waals surface area contributed by atoms with Crippen LogP contribution >= 0.6 is 31.9 Å². The van der Waals surface area contributed by atoms with Gasteiger partial charge in [-0.2, -0.15) is 5.26 Å². The second-order valence-corrected chi connectivity index (χ2v) is 9.78. The quantitative estimate of drug-likeness (QED) is 0.466. The summed E-state index contributed by atoms with van der Waals surface area (Å²) < 4.78 is 19.5. The summed E-state index contributed by atoms with van der Waals surface area (Å²) in [6.07, 6.45) is 1.93. The molecule has 0 saturated carbocycles. The van der Waals surface area contributed by atoms with Crippen LogP contribution in [-0.4, -0.2) is 48.0 Å². The van der Waals surface area contributed by atoms with Gasteiger partial charge in [0.2, 0.25) is 5.91 Å². The highest BCUT2D eigenvalue weighted by Crippen LogP contribution is 2.30. The van der Waals surface area contributed by atoms with E-state index in [1.54, 1.807) is 18.2 Å². The van der Waals surface area contributed by atoms with Gasteiger partial charge in [-0.1, -0.05) is 37.4 Å². The Balaban J connectivity index is 1.63. The maximum atomic E-state index is 14.7. The highest BCUT2D eigenvalue weighted by atomic mass is 79.9.